The molecule has 2 heterocycles. The van der Waals surface area contributed by atoms with E-state index in [1.165, 1.54) is 33.3 Å². The van der Waals surface area contributed by atoms with Gasteiger partial charge in [-0.3, -0.25) is 0 Å². The molecule has 4 aromatic rings. The van der Waals surface area contributed by atoms with E-state index >= 15 is 0 Å². The van der Waals surface area contributed by atoms with Crippen molar-refractivity contribution in [1.29, 1.82) is 0 Å². The molecule has 4 nitrogen and oxygen atoms in total. The van der Waals surface area contributed by atoms with E-state index in [1.807, 2.05) is 24.3 Å². The van der Waals surface area contributed by atoms with Crippen molar-refractivity contribution in [3.05, 3.63) is 96.1 Å². The van der Waals surface area contributed by atoms with Crippen LogP contribution < -0.4 is 19.3 Å². The van der Waals surface area contributed by atoms with Crippen LogP contribution in [0.3, 0.4) is 0 Å². The number of para-hydroxylation sites is 2. The maximum Gasteiger partial charge on any atom is 0.161 e. The fourth-order valence-corrected chi connectivity index (χ4v) is 4.49. The minimum absolute atomic E-state index is 0.556. The lowest BCUT2D eigenvalue weighted by atomic mass is 10.0. The van der Waals surface area contributed by atoms with E-state index in [9.17, 15) is 0 Å². The van der Waals surface area contributed by atoms with Crippen LogP contribution in [0.4, 0.5) is 11.4 Å². The van der Waals surface area contributed by atoms with Gasteiger partial charge in [-0.1, -0.05) is 60.7 Å². The standard InChI is InChI=1S/C26H22N2O2/c1-3-13-25-19(7-1)15-27(17-29-25)23-11-5-10-22-21(23)9-6-12-24(22)28-16-20-8-2-4-14-26(20)30-18-28/h1-14H,15-18H2. The van der Waals surface area contributed by atoms with E-state index in [2.05, 4.69) is 70.5 Å². The topological polar surface area (TPSA) is 24.9 Å². The zero-order chi connectivity index (χ0) is 19.9. The average Bonchev–Trinajstić information content (AvgIpc) is 2.82. The first kappa shape index (κ1) is 17.2. The zero-order valence-corrected chi connectivity index (χ0v) is 16.6. The van der Waals surface area contributed by atoms with Gasteiger partial charge in [0.05, 0.1) is 0 Å². The van der Waals surface area contributed by atoms with Crippen molar-refractivity contribution >= 4 is 22.1 Å². The van der Waals surface area contributed by atoms with Gasteiger partial charge in [0.1, 0.15) is 11.5 Å². The largest absolute Gasteiger partial charge is 0.473 e. The van der Waals surface area contributed by atoms with E-state index in [0.717, 1.165) is 24.6 Å². The van der Waals surface area contributed by atoms with Gasteiger partial charge in [0.2, 0.25) is 0 Å². The molecule has 0 amide bonds. The molecule has 0 bridgehead atoms. The molecule has 0 radical (unpaired) electrons. The third kappa shape index (κ3) is 2.84. The Balaban J connectivity index is 1.38. The van der Waals surface area contributed by atoms with Crippen LogP contribution >= 0.6 is 0 Å². The molecule has 0 saturated heterocycles. The molecule has 0 unspecified atom stereocenters. The van der Waals surface area contributed by atoms with Gasteiger partial charge in [-0.05, 0) is 24.3 Å². The Kier molecular flexibility index (Phi) is 4.01. The highest BCUT2D eigenvalue weighted by Gasteiger charge is 2.22. The van der Waals surface area contributed by atoms with Gasteiger partial charge in [0.15, 0.2) is 13.5 Å². The van der Waals surface area contributed by atoms with E-state index in [0.29, 0.717) is 13.5 Å². The summed E-state index contributed by atoms with van der Waals surface area (Å²) < 4.78 is 12.0. The van der Waals surface area contributed by atoms with Gasteiger partial charge in [-0.15, -0.1) is 0 Å². The van der Waals surface area contributed by atoms with Crippen LogP contribution in [-0.2, 0) is 13.1 Å². The molecule has 6 rings (SSSR count). The fourth-order valence-electron chi connectivity index (χ4n) is 4.49. The molecule has 30 heavy (non-hydrogen) atoms. The van der Waals surface area contributed by atoms with Gasteiger partial charge in [0, 0.05) is 46.4 Å². The highest BCUT2D eigenvalue weighted by atomic mass is 16.5. The number of ether oxygens (including phenoxy) is 2. The van der Waals surface area contributed by atoms with Crippen molar-refractivity contribution < 1.29 is 9.47 Å². The number of rotatable bonds is 2. The van der Waals surface area contributed by atoms with Crippen molar-refractivity contribution in [2.45, 2.75) is 13.1 Å². The summed E-state index contributed by atoms with van der Waals surface area (Å²) in [5, 5.41) is 2.47. The first-order valence-electron chi connectivity index (χ1n) is 10.3. The SMILES string of the molecule is c1ccc2c(c1)CN(c1cccc3c(N4COc5ccccc5C4)cccc13)CO2. The van der Waals surface area contributed by atoms with Crippen LogP contribution in [0.5, 0.6) is 11.5 Å². The van der Waals surface area contributed by atoms with Gasteiger partial charge in [-0.25, -0.2) is 0 Å². The molecule has 4 aromatic carbocycles. The third-order valence-corrected chi connectivity index (χ3v) is 5.98. The molecular formula is C26H22N2O2. The molecular weight excluding hydrogens is 372 g/mol. The van der Waals surface area contributed by atoms with Crippen molar-refractivity contribution in [2.24, 2.45) is 0 Å². The molecule has 0 atom stereocenters. The maximum atomic E-state index is 6.02. The van der Waals surface area contributed by atoms with Gasteiger partial charge < -0.3 is 19.3 Å². The van der Waals surface area contributed by atoms with Crippen LogP contribution in [0.1, 0.15) is 11.1 Å². The summed E-state index contributed by atoms with van der Waals surface area (Å²) in [6.45, 7) is 2.81. The summed E-state index contributed by atoms with van der Waals surface area (Å²) in [5.74, 6) is 1.97. The van der Waals surface area contributed by atoms with Crippen molar-refractivity contribution in [3.8, 4) is 11.5 Å². The first-order valence-corrected chi connectivity index (χ1v) is 10.3. The fraction of sp³-hybridized carbons (Fsp3) is 0.154. The quantitative estimate of drug-likeness (QED) is 0.445. The van der Waals surface area contributed by atoms with Crippen LogP contribution in [0, 0.1) is 0 Å². The summed E-state index contributed by atoms with van der Waals surface area (Å²) in [5.41, 5.74) is 4.83. The summed E-state index contributed by atoms with van der Waals surface area (Å²) in [4.78, 5) is 4.60. The van der Waals surface area contributed by atoms with E-state index in [-0.39, 0.29) is 0 Å². The summed E-state index contributed by atoms with van der Waals surface area (Å²) in [6, 6.07) is 29.6. The van der Waals surface area contributed by atoms with Gasteiger partial charge >= 0.3 is 0 Å². The Bertz CT molecular complexity index is 1140. The Morgan fingerprint density at radius 2 is 0.967 bits per heavy atom. The molecule has 2 aliphatic rings. The predicted octanol–water partition coefficient (Wildman–Crippen LogP) is 5.55. The van der Waals surface area contributed by atoms with Crippen LogP contribution in [-0.4, -0.2) is 13.5 Å². The molecule has 0 N–H and O–H groups in total. The second kappa shape index (κ2) is 6.99. The molecule has 0 aromatic heterocycles. The zero-order valence-electron chi connectivity index (χ0n) is 16.6. The van der Waals surface area contributed by atoms with Gasteiger partial charge in [0.25, 0.3) is 0 Å². The molecule has 148 valence electrons. The second-order valence-electron chi connectivity index (χ2n) is 7.81. The molecule has 0 aliphatic carbocycles. The van der Waals surface area contributed by atoms with E-state index < -0.39 is 0 Å². The van der Waals surface area contributed by atoms with E-state index in [1.54, 1.807) is 0 Å². The number of anilines is 2. The highest BCUT2D eigenvalue weighted by Crippen LogP contribution is 2.38. The molecule has 2 aliphatic heterocycles. The number of benzene rings is 4. The Labute approximate surface area is 175 Å². The Hall–Kier alpha value is -3.66. The average molecular weight is 394 g/mol. The summed E-state index contributed by atoms with van der Waals surface area (Å²) in [7, 11) is 0. The number of hydrogen-bond acceptors (Lipinski definition) is 4. The smallest absolute Gasteiger partial charge is 0.161 e. The highest BCUT2D eigenvalue weighted by molar-refractivity contribution is 6.02. The number of nitrogens with zero attached hydrogens (tertiary/aromatic N) is 2. The molecule has 0 spiro atoms. The Morgan fingerprint density at radius 1 is 0.500 bits per heavy atom. The van der Waals surface area contributed by atoms with E-state index in [4.69, 9.17) is 9.47 Å². The lowest BCUT2D eigenvalue weighted by molar-refractivity contribution is 0.289. The lowest BCUT2D eigenvalue weighted by Crippen LogP contribution is -2.32. The number of fused-ring (bicyclic) bond motifs is 3. The van der Waals surface area contributed by atoms with Crippen LogP contribution in [0.2, 0.25) is 0 Å². The normalized spacial score (nSPS) is 15.2. The lowest BCUT2D eigenvalue weighted by Gasteiger charge is -2.33. The third-order valence-electron chi connectivity index (χ3n) is 5.98. The maximum absolute atomic E-state index is 6.02. The monoisotopic (exact) mass is 394 g/mol. The van der Waals surface area contributed by atoms with Crippen molar-refractivity contribution in [3.63, 3.8) is 0 Å². The van der Waals surface area contributed by atoms with Crippen LogP contribution in [0.25, 0.3) is 10.8 Å². The predicted molar refractivity (Wildman–Crippen MR) is 120 cm³/mol. The molecule has 0 saturated carbocycles. The van der Waals surface area contributed by atoms with Crippen LogP contribution in [0.15, 0.2) is 84.9 Å². The second-order valence-corrected chi connectivity index (χ2v) is 7.81. The van der Waals surface area contributed by atoms with Crippen molar-refractivity contribution in [1.82, 2.24) is 0 Å². The summed E-state index contributed by atoms with van der Waals surface area (Å²) in [6.07, 6.45) is 0. The molecule has 4 heteroatoms. The van der Waals surface area contributed by atoms with Gasteiger partial charge in [-0.2, -0.15) is 0 Å². The minimum atomic E-state index is 0.556. The first-order chi connectivity index (χ1) is 14.9. The summed E-state index contributed by atoms with van der Waals surface area (Å²) >= 11 is 0. The minimum Gasteiger partial charge on any atom is -0.473 e. The Morgan fingerprint density at radius 3 is 1.47 bits per heavy atom. The van der Waals surface area contributed by atoms with Crippen molar-refractivity contribution in [2.75, 3.05) is 23.3 Å². The molecule has 0 fully saturated rings. The number of hydrogen-bond donors (Lipinski definition) is 0.